The fraction of sp³-hybridized carbons (Fsp3) is 0.562. The Hall–Kier alpha value is -1.06. The Labute approximate surface area is 128 Å². The molecule has 3 nitrogen and oxygen atoms in total. The Kier molecular flexibility index (Phi) is 7.84. The molecular weight excluding hydrogens is 272 g/mol. The Bertz CT molecular complexity index is 404. The fourth-order valence-electron chi connectivity index (χ4n) is 1.94. The molecule has 0 spiro atoms. The van der Waals surface area contributed by atoms with Gasteiger partial charge in [-0.25, -0.2) is 0 Å². The molecule has 0 saturated heterocycles. The summed E-state index contributed by atoms with van der Waals surface area (Å²) in [6, 6.07) is 9.65. The van der Waals surface area contributed by atoms with Crippen molar-refractivity contribution in [3.63, 3.8) is 0 Å². The number of nitrogens with two attached hydrogens (primary N) is 1. The van der Waals surface area contributed by atoms with E-state index in [1.165, 1.54) is 0 Å². The van der Waals surface area contributed by atoms with E-state index < -0.39 is 5.54 Å². The Morgan fingerprint density at radius 3 is 2.25 bits per heavy atom. The van der Waals surface area contributed by atoms with E-state index in [0.717, 1.165) is 18.4 Å². The molecule has 1 amide bonds. The summed E-state index contributed by atoms with van der Waals surface area (Å²) in [6.45, 7) is 8.16. The molecule has 0 aliphatic carbocycles. The van der Waals surface area contributed by atoms with Crippen LogP contribution >= 0.6 is 12.4 Å². The molecule has 0 fully saturated rings. The van der Waals surface area contributed by atoms with E-state index in [-0.39, 0.29) is 24.4 Å². The predicted molar refractivity (Wildman–Crippen MR) is 86.9 cm³/mol. The molecule has 2 atom stereocenters. The van der Waals surface area contributed by atoms with Crippen LogP contribution in [-0.2, 0) is 10.3 Å². The Morgan fingerprint density at radius 1 is 1.20 bits per heavy atom. The number of hydrogen-bond donors (Lipinski definition) is 2. The molecule has 2 unspecified atom stereocenters. The lowest BCUT2D eigenvalue weighted by atomic mass is 9.91. The maximum Gasteiger partial charge on any atom is 0.244 e. The number of rotatable bonds is 6. The minimum Gasteiger partial charge on any atom is -0.352 e. The van der Waals surface area contributed by atoms with E-state index in [1.54, 1.807) is 6.92 Å². The summed E-state index contributed by atoms with van der Waals surface area (Å²) in [6.07, 6.45) is 2.09. The molecule has 0 radical (unpaired) electrons. The van der Waals surface area contributed by atoms with Crippen LogP contribution in [0.2, 0.25) is 0 Å². The highest BCUT2D eigenvalue weighted by molar-refractivity contribution is 5.87. The molecule has 1 aromatic rings. The van der Waals surface area contributed by atoms with Gasteiger partial charge in [0.2, 0.25) is 5.91 Å². The van der Waals surface area contributed by atoms with Crippen LogP contribution in [0.1, 0.15) is 46.1 Å². The van der Waals surface area contributed by atoms with Crippen molar-refractivity contribution in [1.82, 2.24) is 5.32 Å². The molecular formula is C16H27ClN2O. The maximum absolute atomic E-state index is 12.3. The number of benzene rings is 1. The lowest BCUT2D eigenvalue weighted by Crippen LogP contribution is -2.51. The topological polar surface area (TPSA) is 55.1 Å². The van der Waals surface area contributed by atoms with E-state index in [1.807, 2.05) is 37.3 Å². The largest absolute Gasteiger partial charge is 0.352 e. The van der Waals surface area contributed by atoms with Crippen LogP contribution in [-0.4, -0.2) is 11.9 Å². The summed E-state index contributed by atoms with van der Waals surface area (Å²) in [5, 5.41) is 3.01. The van der Waals surface area contributed by atoms with Crippen molar-refractivity contribution in [2.75, 3.05) is 0 Å². The van der Waals surface area contributed by atoms with Crippen molar-refractivity contribution in [3.05, 3.63) is 35.9 Å². The van der Waals surface area contributed by atoms with Crippen molar-refractivity contribution in [3.8, 4) is 0 Å². The number of halogens is 1. The van der Waals surface area contributed by atoms with Gasteiger partial charge in [-0.15, -0.1) is 12.4 Å². The third-order valence-electron chi connectivity index (χ3n) is 3.40. The minimum atomic E-state index is -0.979. The van der Waals surface area contributed by atoms with Gasteiger partial charge in [0.1, 0.15) is 5.54 Å². The van der Waals surface area contributed by atoms with Crippen LogP contribution in [0.4, 0.5) is 0 Å². The average Bonchev–Trinajstić information content (AvgIpc) is 2.37. The third kappa shape index (κ3) is 5.51. The van der Waals surface area contributed by atoms with E-state index in [9.17, 15) is 4.79 Å². The van der Waals surface area contributed by atoms with E-state index >= 15 is 0 Å². The van der Waals surface area contributed by atoms with Crippen molar-refractivity contribution in [2.24, 2.45) is 11.7 Å². The van der Waals surface area contributed by atoms with Crippen molar-refractivity contribution < 1.29 is 4.79 Å². The number of hydrogen-bond acceptors (Lipinski definition) is 2. The first-order valence-electron chi connectivity index (χ1n) is 6.99. The Balaban J connectivity index is 0.00000361. The molecule has 20 heavy (non-hydrogen) atoms. The van der Waals surface area contributed by atoms with Gasteiger partial charge in [-0.05, 0) is 38.2 Å². The van der Waals surface area contributed by atoms with Gasteiger partial charge < -0.3 is 11.1 Å². The zero-order chi connectivity index (χ0) is 14.5. The molecule has 0 saturated carbocycles. The highest BCUT2D eigenvalue weighted by Crippen LogP contribution is 2.18. The monoisotopic (exact) mass is 298 g/mol. The van der Waals surface area contributed by atoms with Crippen molar-refractivity contribution in [2.45, 2.75) is 52.1 Å². The van der Waals surface area contributed by atoms with Crippen LogP contribution in [0.25, 0.3) is 0 Å². The lowest BCUT2D eigenvalue weighted by Gasteiger charge is -2.26. The third-order valence-corrected chi connectivity index (χ3v) is 3.40. The normalized spacial score (nSPS) is 15.1. The molecule has 1 rings (SSSR count). The fourth-order valence-corrected chi connectivity index (χ4v) is 1.94. The second-order valence-corrected chi connectivity index (χ2v) is 5.91. The first-order valence-corrected chi connectivity index (χ1v) is 6.99. The van der Waals surface area contributed by atoms with Crippen LogP contribution in [0.5, 0.6) is 0 Å². The van der Waals surface area contributed by atoms with E-state index in [0.29, 0.717) is 5.92 Å². The predicted octanol–water partition coefficient (Wildman–Crippen LogP) is 3.22. The summed E-state index contributed by atoms with van der Waals surface area (Å²) < 4.78 is 0. The van der Waals surface area contributed by atoms with Crippen LogP contribution in [0.3, 0.4) is 0 Å². The Morgan fingerprint density at radius 2 is 1.75 bits per heavy atom. The number of carbonyl (C=O) groups is 1. The van der Waals surface area contributed by atoms with Gasteiger partial charge in [-0.1, -0.05) is 44.2 Å². The smallest absolute Gasteiger partial charge is 0.244 e. The summed E-state index contributed by atoms with van der Waals surface area (Å²) >= 11 is 0. The second kappa shape index (κ2) is 8.28. The zero-order valence-corrected chi connectivity index (χ0v) is 13.7. The zero-order valence-electron chi connectivity index (χ0n) is 12.8. The number of carbonyl (C=O) groups excluding carboxylic acids is 1. The van der Waals surface area contributed by atoms with E-state index in [4.69, 9.17) is 5.73 Å². The number of nitrogens with one attached hydrogen (secondary N) is 1. The van der Waals surface area contributed by atoms with E-state index in [2.05, 4.69) is 19.2 Å². The molecule has 114 valence electrons. The lowest BCUT2D eigenvalue weighted by molar-refractivity contribution is -0.126. The number of amides is 1. The average molecular weight is 299 g/mol. The molecule has 3 N–H and O–H groups in total. The molecule has 0 aliphatic rings. The highest BCUT2D eigenvalue weighted by atomic mass is 35.5. The first kappa shape index (κ1) is 18.9. The summed E-state index contributed by atoms with van der Waals surface area (Å²) in [4.78, 5) is 12.3. The molecule has 0 aromatic heterocycles. The van der Waals surface area contributed by atoms with Crippen LogP contribution < -0.4 is 11.1 Å². The van der Waals surface area contributed by atoms with Crippen LogP contribution in [0.15, 0.2) is 30.3 Å². The van der Waals surface area contributed by atoms with Crippen molar-refractivity contribution in [1.29, 1.82) is 0 Å². The summed E-state index contributed by atoms with van der Waals surface area (Å²) in [5.74, 6) is 0.535. The first-order chi connectivity index (χ1) is 8.84. The van der Waals surface area contributed by atoms with Gasteiger partial charge in [0.05, 0.1) is 0 Å². The summed E-state index contributed by atoms with van der Waals surface area (Å²) in [7, 11) is 0. The SMILES string of the molecule is CC(C)CCC(C)NC(=O)C(C)(N)c1ccccc1.Cl. The van der Waals surface area contributed by atoms with Crippen LogP contribution in [0, 0.1) is 5.92 Å². The van der Waals surface area contributed by atoms with Gasteiger partial charge in [-0.3, -0.25) is 4.79 Å². The molecule has 0 heterocycles. The maximum atomic E-state index is 12.3. The van der Waals surface area contributed by atoms with Crippen molar-refractivity contribution >= 4 is 18.3 Å². The second-order valence-electron chi connectivity index (χ2n) is 5.91. The van der Waals surface area contributed by atoms with Gasteiger partial charge in [-0.2, -0.15) is 0 Å². The van der Waals surface area contributed by atoms with Gasteiger partial charge in [0.15, 0.2) is 0 Å². The van der Waals surface area contributed by atoms with Gasteiger partial charge in [0, 0.05) is 6.04 Å². The highest BCUT2D eigenvalue weighted by Gasteiger charge is 2.30. The summed E-state index contributed by atoms with van der Waals surface area (Å²) in [5.41, 5.74) is 6.03. The minimum absolute atomic E-state index is 0. The molecule has 1 aromatic carbocycles. The molecule has 0 bridgehead atoms. The van der Waals surface area contributed by atoms with Gasteiger partial charge >= 0.3 is 0 Å². The molecule has 0 aliphatic heterocycles. The molecule has 4 heteroatoms. The standard InChI is InChI=1S/C16H26N2O.ClH/c1-12(2)10-11-13(3)18-15(19)16(4,17)14-8-6-5-7-9-14;/h5-9,12-13H,10-11,17H2,1-4H3,(H,18,19);1H. The van der Waals surface area contributed by atoms with Gasteiger partial charge in [0.25, 0.3) is 0 Å². The quantitative estimate of drug-likeness (QED) is 0.847.